The second-order valence-electron chi connectivity index (χ2n) is 5.52. The van der Waals surface area contributed by atoms with Crippen LogP contribution in [0.5, 0.6) is 0 Å². The number of carbonyl (C=O) groups is 2. The maximum atomic E-state index is 12.4. The number of rotatable bonds is 3. The summed E-state index contributed by atoms with van der Waals surface area (Å²) in [6, 6.07) is 7.07. The molecule has 1 atom stereocenters. The van der Waals surface area contributed by atoms with Gasteiger partial charge in [-0.2, -0.15) is 0 Å². The van der Waals surface area contributed by atoms with Gasteiger partial charge in [-0.3, -0.25) is 4.79 Å². The Morgan fingerprint density at radius 1 is 1.35 bits per heavy atom. The number of aromatic nitrogens is 3. The molecule has 0 unspecified atom stereocenters. The van der Waals surface area contributed by atoms with Gasteiger partial charge in [-0.15, -0.1) is 5.10 Å². The number of nitrogens with two attached hydrogens (primary N) is 1. The van der Waals surface area contributed by atoms with Crippen LogP contribution in [-0.2, 0) is 4.79 Å². The molecule has 120 valence electrons. The van der Waals surface area contributed by atoms with Crippen LogP contribution in [0.25, 0.3) is 5.69 Å². The topological polar surface area (TPSA) is 106 Å². The van der Waals surface area contributed by atoms with E-state index < -0.39 is 0 Å². The number of nitrogens with zero attached hydrogens (tertiary/aromatic N) is 4. The minimum absolute atomic E-state index is 0.230. The Bertz CT molecular complexity index is 700. The zero-order chi connectivity index (χ0) is 16.2. The van der Waals surface area contributed by atoms with E-state index in [1.165, 1.54) is 0 Å². The number of primary amides is 1. The van der Waals surface area contributed by atoms with E-state index in [2.05, 4.69) is 15.6 Å². The first-order valence-electron chi connectivity index (χ1n) is 7.45. The highest BCUT2D eigenvalue weighted by Gasteiger charge is 2.26. The lowest BCUT2D eigenvalue weighted by atomic mass is 9.98. The second-order valence-corrected chi connectivity index (χ2v) is 5.52. The van der Waals surface area contributed by atoms with Crippen LogP contribution < -0.4 is 11.1 Å². The van der Waals surface area contributed by atoms with E-state index in [0.29, 0.717) is 18.8 Å². The van der Waals surface area contributed by atoms with Crippen molar-refractivity contribution in [2.75, 3.05) is 18.4 Å². The molecule has 3 rings (SSSR count). The Hall–Kier alpha value is -2.90. The zero-order valence-electron chi connectivity index (χ0n) is 12.6. The van der Waals surface area contributed by atoms with Crippen LogP contribution in [-0.4, -0.2) is 44.9 Å². The number of hydrogen-bond acceptors (Lipinski definition) is 4. The van der Waals surface area contributed by atoms with Gasteiger partial charge in [-0.25, -0.2) is 9.48 Å². The van der Waals surface area contributed by atoms with Crippen molar-refractivity contribution >= 4 is 17.6 Å². The van der Waals surface area contributed by atoms with Gasteiger partial charge in [0.15, 0.2) is 0 Å². The van der Waals surface area contributed by atoms with Gasteiger partial charge in [0.05, 0.1) is 24.0 Å². The molecule has 1 aromatic carbocycles. The number of anilines is 1. The first kappa shape index (κ1) is 15.0. The molecule has 0 bridgehead atoms. The lowest BCUT2D eigenvalue weighted by Crippen LogP contribution is -2.45. The molecule has 0 saturated carbocycles. The Balaban J connectivity index is 1.68. The minimum Gasteiger partial charge on any atom is -0.369 e. The van der Waals surface area contributed by atoms with Crippen molar-refractivity contribution in [3.8, 4) is 5.69 Å². The van der Waals surface area contributed by atoms with Gasteiger partial charge in [0.25, 0.3) is 0 Å². The fourth-order valence-corrected chi connectivity index (χ4v) is 2.67. The number of likely N-dealkylation sites (tertiary alicyclic amines) is 1. The molecule has 8 heteroatoms. The van der Waals surface area contributed by atoms with Crippen molar-refractivity contribution in [2.24, 2.45) is 11.7 Å². The molecular formula is C15H18N6O2. The van der Waals surface area contributed by atoms with E-state index >= 15 is 0 Å². The van der Waals surface area contributed by atoms with Crippen LogP contribution in [0.3, 0.4) is 0 Å². The van der Waals surface area contributed by atoms with Crippen LogP contribution in [0, 0.1) is 5.92 Å². The number of carbonyl (C=O) groups excluding carboxylic acids is 2. The monoisotopic (exact) mass is 314 g/mol. The number of benzene rings is 1. The molecule has 1 fully saturated rings. The second kappa shape index (κ2) is 6.47. The highest BCUT2D eigenvalue weighted by Crippen LogP contribution is 2.18. The smallest absolute Gasteiger partial charge is 0.321 e. The van der Waals surface area contributed by atoms with Crippen LogP contribution in [0.2, 0.25) is 0 Å². The van der Waals surface area contributed by atoms with Crippen LogP contribution in [0.1, 0.15) is 12.8 Å². The third kappa shape index (κ3) is 3.47. The van der Waals surface area contributed by atoms with E-state index in [1.54, 1.807) is 28.0 Å². The van der Waals surface area contributed by atoms with Crippen molar-refractivity contribution in [2.45, 2.75) is 12.8 Å². The SMILES string of the molecule is NC(=O)[C@@H]1CCCN(C(=O)Nc2cccc(-n3ccnn3)c2)C1. The minimum atomic E-state index is -0.351. The van der Waals surface area contributed by atoms with Crippen molar-refractivity contribution in [3.63, 3.8) is 0 Å². The summed E-state index contributed by atoms with van der Waals surface area (Å²) in [5.74, 6) is -0.619. The van der Waals surface area contributed by atoms with Crippen molar-refractivity contribution < 1.29 is 9.59 Å². The van der Waals surface area contributed by atoms with E-state index in [-0.39, 0.29) is 17.9 Å². The average Bonchev–Trinajstić information content (AvgIpc) is 3.10. The zero-order valence-corrected chi connectivity index (χ0v) is 12.6. The summed E-state index contributed by atoms with van der Waals surface area (Å²) in [5, 5.41) is 10.5. The average molecular weight is 314 g/mol. The quantitative estimate of drug-likeness (QED) is 0.881. The van der Waals surface area contributed by atoms with Gasteiger partial charge >= 0.3 is 6.03 Å². The molecule has 1 aliphatic heterocycles. The third-order valence-electron chi connectivity index (χ3n) is 3.90. The Labute approximate surface area is 133 Å². The lowest BCUT2D eigenvalue weighted by molar-refractivity contribution is -0.123. The fourth-order valence-electron chi connectivity index (χ4n) is 2.67. The van der Waals surface area contributed by atoms with E-state index in [4.69, 9.17) is 5.73 Å². The van der Waals surface area contributed by atoms with E-state index in [1.807, 2.05) is 18.2 Å². The van der Waals surface area contributed by atoms with Gasteiger partial charge in [-0.1, -0.05) is 11.3 Å². The number of hydrogen-bond donors (Lipinski definition) is 2. The summed E-state index contributed by atoms with van der Waals surface area (Å²) >= 11 is 0. The Kier molecular flexibility index (Phi) is 4.22. The molecule has 2 aromatic rings. The summed E-state index contributed by atoms with van der Waals surface area (Å²) in [5.41, 5.74) is 6.80. The molecule has 3 N–H and O–H groups in total. The van der Waals surface area contributed by atoms with Crippen molar-refractivity contribution in [1.29, 1.82) is 0 Å². The van der Waals surface area contributed by atoms with Gasteiger partial charge < -0.3 is 16.0 Å². The molecule has 2 heterocycles. The molecule has 8 nitrogen and oxygen atoms in total. The first-order chi connectivity index (χ1) is 11.1. The van der Waals surface area contributed by atoms with Crippen LogP contribution >= 0.6 is 0 Å². The first-order valence-corrected chi connectivity index (χ1v) is 7.45. The predicted molar refractivity (Wildman–Crippen MR) is 83.9 cm³/mol. The fraction of sp³-hybridized carbons (Fsp3) is 0.333. The molecule has 1 aromatic heterocycles. The predicted octanol–water partition coefficient (Wildman–Crippen LogP) is 0.996. The van der Waals surface area contributed by atoms with Crippen molar-refractivity contribution in [3.05, 3.63) is 36.7 Å². The van der Waals surface area contributed by atoms with Crippen molar-refractivity contribution in [1.82, 2.24) is 19.9 Å². The number of amides is 3. The van der Waals surface area contributed by atoms with Gasteiger partial charge in [0.1, 0.15) is 0 Å². The summed E-state index contributed by atoms with van der Waals surface area (Å²) in [6.07, 6.45) is 4.83. The maximum Gasteiger partial charge on any atom is 0.321 e. The molecule has 3 amide bonds. The summed E-state index contributed by atoms with van der Waals surface area (Å²) in [4.78, 5) is 25.3. The van der Waals surface area contributed by atoms with Crippen LogP contribution in [0.15, 0.2) is 36.7 Å². The normalized spacial score (nSPS) is 17.7. The largest absolute Gasteiger partial charge is 0.369 e. The Morgan fingerprint density at radius 3 is 2.96 bits per heavy atom. The molecule has 0 radical (unpaired) electrons. The molecule has 23 heavy (non-hydrogen) atoms. The summed E-state index contributed by atoms with van der Waals surface area (Å²) in [6.45, 7) is 0.988. The summed E-state index contributed by atoms with van der Waals surface area (Å²) in [7, 11) is 0. The molecule has 1 saturated heterocycles. The highest BCUT2D eigenvalue weighted by molar-refractivity contribution is 5.90. The summed E-state index contributed by atoms with van der Waals surface area (Å²) < 4.78 is 1.61. The number of urea groups is 1. The molecule has 0 spiro atoms. The molecule has 1 aliphatic rings. The number of nitrogens with one attached hydrogen (secondary N) is 1. The number of piperidine rings is 1. The third-order valence-corrected chi connectivity index (χ3v) is 3.90. The van der Waals surface area contributed by atoms with Gasteiger partial charge in [0, 0.05) is 18.8 Å². The lowest BCUT2D eigenvalue weighted by Gasteiger charge is -2.31. The molecule has 0 aliphatic carbocycles. The standard InChI is InChI=1S/C15H18N6O2/c16-14(22)11-3-2-7-20(10-11)15(23)18-12-4-1-5-13(9-12)21-8-6-17-19-21/h1,4-6,8-9,11H,2-3,7,10H2,(H2,16,22)(H,18,23)/t11-/m1/s1. The van der Waals surface area contributed by atoms with Gasteiger partial charge in [-0.05, 0) is 31.0 Å². The highest BCUT2D eigenvalue weighted by atomic mass is 16.2. The van der Waals surface area contributed by atoms with Gasteiger partial charge in [0.2, 0.25) is 5.91 Å². The van der Waals surface area contributed by atoms with E-state index in [9.17, 15) is 9.59 Å². The molecular weight excluding hydrogens is 296 g/mol. The van der Waals surface area contributed by atoms with Crippen LogP contribution in [0.4, 0.5) is 10.5 Å². The van der Waals surface area contributed by atoms with E-state index in [0.717, 1.165) is 18.5 Å². The Morgan fingerprint density at radius 2 is 2.22 bits per heavy atom. The maximum absolute atomic E-state index is 12.4.